The van der Waals surface area contributed by atoms with Gasteiger partial charge in [0.25, 0.3) is 5.92 Å². The predicted octanol–water partition coefficient (Wildman–Crippen LogP) is 6.52. The summed E-state index contributed by atoms with van der Waals surface area (Å²) in [5.74, 6) is -3.06. The highest BCUT2D eigenvalue weighted by Crippen LogP contribution is 2.32. The van der Waals surface area contributed by atoms with Crippen LogP contribution in [0.5, 0.6) is 5.75 Å². The summed E-state index contributed by atoms with van der Waals surface area (Å²) in [7, 11) is 0. The van der Waals surface area contributed by atoms with Crippen molar-refractivity contribution in [3.05, 3.63) is 35.4 Å². The van der Waals surface area contributed by atoms with Crippen molar-refractivity contribution in [2.45, 2.75) is 104 Å². The van der Waals surface area contributed by atoms with Crippen molar-refractivity contribution in [2.24, 2.45) is 11.8 Å². The van der Waals surface area contributed by atoms with Gasteiger partial charge in [-0.05, 0) is 63.5 Å². The van der Waals surface area contributed by atoms with E-state index in [1.807, 2.05) is 13.8 Å². The quantitative estimate of drug-likeness (QED) is 0.293. The molecule has 3 heterocycles. The smallest absolute Gasteiger partial charge is 0.408 e. The zero-order valence-corrected chi connectivity index (χ0v) is 27.9. The molecule has 0 bridgehead atoms. The molecule has 2 aliphatic rings. The first-order valence-electron chi connectivity index (χ1n) is 16.2. The number of benzene rings is 1. The highest BCUT2D eigenvalue weighted by molar-refractivity contribution is 5.87. The van der Waals surface area contributed by atoms with Gasteiger partial charge < -0.3 is 29.1 Å². The van der Waals surface area contributed by atoms with Crippen molar-refractivity contribution in [1.82, 2.24) is 20.4 Å². The van der Waals surface area contributed by atoms with Crippen molar-refractivity contribution in [3.63, 3.8) is 0 Å². The van der Waals surface area contributed by atoms with E-state index in [1.165, 1.54) is 12.1 Å². The fourth-order valence-electron chi connectivity index (χ4n) is 5.95. The Kier molecular flexibility index (Phi) is 11.1. The Morgan fingerprint density at radius 2 is 1.83 bits per heavy atom. The van der Waals surface area contributed by atoms with Gasteiger partial charge in [0.15, 0.2) is 5.82 Å². The number of amides is 2. The van der Waals surface area contributed by atoms with Crippen LogP contribution in [0.3, 0.4) is 0 Å². The summed E-state index contributed by atoms with van der Waals surface area (Å²) in [6.45, 7) is 14.0. The van der Waals surface area contributed by atoms with E-state index in [9.17, 15) is 18.4 Å². The fourth-order valence-corrected chi connectivity index (χ4v) is 5.95. The van der Waals surface area contributed by atoms with Crippen molar-refractivity contribution in [3.8, 4) is 5.75 Å². The average molecular weight is 652 g/mol. The second kappa shape index (κ2) is 14.5. The minimum absolute atomic E-state index is 0.148. The zero-order chi connectivity index (χ0) is 33.8. The SMILES string of the molecule is CC(C)c1noc(N2CCC([C@H](C)CCOc3ccc([C@@H](C)[C@H](NC(=O)OC(C)(C)C)C(=O)N4CCC(F)(F)C4)c(F)c3)CC2)n1. The van der Waals surface area contributed by atoms with Crippen LogP contribution in [0.2, 0.25) is 0 Å². The van der Waals surface area contributed by atoms with Gasteiger partial charge in [0, 0.05) is 44.0 Å². The highest BCUT2D eigenvalue weighted by Gasteiger charge is 2.44. The molecule has 0 spiro atoms. The third kappa shape index (κ3) is 9.28. The van der Waals surface area contributed by atoms with Crippen LogP contribution in [0, 0.1) is 17.7 Å². The summed E-state index contributed by atoms with van der Waals surface area (Å²) in [6.07, 6.45) is 1.42. The number of hydrogen-bond donors (Lipinski definition) is 1. The molecule has 1 aromatic heterocycles. The van der Waals surface area contributed by atoms with Gasteiger partial charge in [-0.1, -0.05) is 38.9 Å². The summed E-state index contributed by atoms with van der Waals surface area (Å²) >= 11 is 0. The van der Waals surface area contributed by atoms with Crippen LogP contribution < -0.4 is 15.0 Å². The van der Waals surface area contributed by atoms with E-state index in [-0.39, 0.29) is 18.0 Å². The Morgan fingerprint density at radius 1 is 1.13 bits per heavy atom. The lowest BCUT2D eigenvalue weighted by molar-refractivity contribution is -0.134. The number of carbonyl (C=O) groups excluding carboxylic acids is 2. The number of carbonyl (C=O) groups is 2. The lowest BCUT2D eigenvalue weighted by Gasteiger charge is -2.33. The van der Waals surface area contributed by atoms with E-state index < -0.39 is 54.3 Å². The van der Waals surface area contributed by atoms with Crippen LogP contribution in [0.1, 0.15) is 97.4 Å². The van der Waals surface area contributed by atoms with E-state index >= 15 is 4.39 Å². The monoisotopic (exact) mass is 651 g/mol. The van der Waals surface area contributed by atoms with Gasteiger partial charge in [-0.3, -0.25) is 4.79 Å². The molecule has 13 heteroatoms. The number of aromatic nitrogens is 2. The molecule has 0 radical (unpaired) electrons. The van der Waals surface area contributed by atoms with Crippen LogP contribution in [0.15, 0.2) is 22.7 Å². The molecule has 46 heavy (non-hydrogen) atoms. The number of hydrogen-bond acceptors (Lipinski definition) is 8. The molecule has 2 aliphatic heterocycles. The van der Waals surface area contributed by atoms with Crippen LogP contribution in [0.25, 0.3) is 0 Å². The van der Waals surface area contributed by atoms with Crippen LogP contribution in [0.4, 0.5) is 24.0 Å². The van der Waals surface area contributed by atoms with Crippen LogP contribution in [-0.4, -0.2) is 77.4 Å². The van der Waals surface area contributed by atoms with Crippen molar-refractivity contribution in [1.29, 1.82) is 0 Å². The number of rotatable bonds is 11. The second-order valence-corrected chi connectivity index (χ2v) is 14.0. The normalized spacial score (nSPS) is 19.2. The third-order valence-electron chi connectivity index (χ3n) is 8.79. The number of alkyl carbamates (subject to hydrolysis) is 1. The Labute approximate surface area is 269 Å². The van der Waals surface area contributed by atoms with Crippen molar-refractivity contribution < 1.29 is 36.8 Å². The maximum Gasteiger partial charge on any atom is 0.408 e. The molecule has 0 saturated carbocycles. The Morgan fingerprint density at radius 3 is 2.39 bits per heavy atom. The van der Waals surface area contributed by atoms with Gasteiger partial charge in [0.05, 0.1) is 13.2 Å². The summed E-state index contributed by atoms with van der Waals surface area (Å²) in [6, 6.07) is 3.64. The number of ether oxygens (including phenoxy) is 2. The summed E-state index contributed by atoms with van der Waals surface area (Å²) in [5.41, 5.74) is -0.706. The number of halogens is 3. The van der Waals surface area contributed by atoms with Crippen molar-refractivity contribution in [2.75, 3.05) is 37.7 Å². The van der Waals surface area contributed by atoms with E-state index in [0.717, 1.165) is 37.3 Å². The standard InChI is InChI=1S/C33H48F3N5O5/c1-20(2)28-38-30(46-39-28)40-14-10-23(11-15-40)21(3)12-17-44-24-8-9-25(26(34)18-24)22(4)27(37-31(43)45-32(5,6)7)29(42)41-16-13-33(35,36)19-41/h8-9,18,20-23,27H,10-17,19H2,1-7H3,(H,37,43)/t21-,22-,27+/m1/s1. The molecule has 1 N–H and O–H groups in total. The molecule has 0 aliphatic carbocycles. The first kappa shape index (κ1) is 35.3. The maximum atomic E-state index is 15.4. The molecule has 2 saturated heterocycles. The summed E-state index contributed by atoms with van der Waals surface area (Å²) < 4.78 is 59.9. The molecule has 3 atom stereocenters. The van der Waals surface area contributed by atoms with Crippen LogP contribution >= 0.6 is 0 Å². The Balaban J connectivity index is 1.32. The lowest BCUT2D eigenvalue weighted by atomic mass is 9.84. The largest absolute Gasteiger partial charge is 0.493 e. The average Bonchev–Trinajstić information content (AvgIpc) is 3.61. The number of piperidine rings is 1. The summed E-state index contributed by atoms with van der Waals surface area (Å²) in [4.78, 5) is 33.6. The van der Waals surface area contributed by atoms with Gasteiger partial charge in [0.2, 0.25) is 5.91 Å². The Bertz CT molecular complexity index is 1340. The van der Waals surface area contributed by atoms with Gasteiger partial charge >= 0.3 is 12.1 Å². The van der Waals surface area contributed by atoms with Gasteiger partial charge in [-0.2, -0.15) is 4.98 Å². The third-order valence-corrected chi connectivity index (χ3v) is 8.79. The molecular formula is C33H48F3N5O5. The lowest BCUT2D eigenvalue weighted by Crippen LogP contribution is -2.52. The molecule has 256 valence electrons. The Hall–Kier alpha value is -3.51. The number of nitrogens with zero attached hydrogens (tertiary/aromatic N) is 4. The molecule has 0 unspecified atom stereocenters. The number of anilines is 1. The maximum absolute atomic E-state index is 15.4. The van der Waals surface area contributed by atoms with E-state index in [0.29, 0.717) is 36.0 Å². The topological polar surface area (TPSA) is 110 Å². The molecule has 10 nitrogen and oxygen atoms in total. The van der Waals surface area contributed by atoms with E-state index in [2.05, 4.69) is 27.3 Å². The molecule has 2 amide bonds. The number of likely N-dealkylation sites (tertiary alicyclic amines) is 1. The molecular weight excluding hydrogens is 603 g/mol. The number of nitrogens with one attached hydrogen (secondary N) is 1. The predicted molar refractivity (Wildman–Crippen MR) is 167 cm³/mol. The molecule has 1 aromatic carbocycles. The van der Waals surface area contributed by atoms with Crippen LogP contribution in [-0.2, 0) is 9.53 Å². The van der Waals surface area contributed by atoms with Gasteiger partial charge in [0.1, 0.15) is 23.2 Å². The fraction of sp³-hybridized carbons (Fsp3) is 0.697. The molecule has 4 rings (SSSR count). The second-order valence-electron chi connectivity index (χ2n) is 14.0. The zero-order valence-electron chi connectivity index (χ0n) is 27.9. The van der Waals surface area contributed by atoms with E-state index in [1.54, 1.807) is 33.8 Å². The highest BCUT2D eigenvalue weighted by atomic mass is 19.3. The van der Waals surface area contributed by atoms with Gasteiger partial charge in [-0.15, -0.1) is 0 Å². The first-order chi connectivity index (χ1) is 21.5. The minimum Gasteiger partial charge on any atom is -0.493 e. The summed E-state index contributed by atoms with van der Waals surface area (Å²) in [5, 5.41) is 6.56. The van der Waals surface area contributed by atoms with Crippen molar-refractivity contribution >= 4 is 18.0 Å². The minimum atomic E-state index is -3.01. The molecule has 2 fully saturated rings. The van der Waals surface area contributed by atoms with E-state index in [4.69, 9.17) is 14.0 Å². The number of alkyl halides is 2. The molecule has 2 aromatic rings. The van der Waals surface area contributed by atoms with Gasteiger partial charge in [-0.25, -0.2) is 18.0 Å². The first-order valence-corrected chi connectivity index (χ1v) is 16.2.